The molecule has 1 spiro atoms. The van der Waals surface area contributed by atoms with Crippen molar-refractivity contribution in [2.75, 3.05) is 25.0 Å². The number of halogens is 4. The van der Waals surface area contributed by atoms with E-state index in [0.29, 0.717) is 18.7 Å². The number of anilines is 1. The number of hydrogen-bond acceptors (Lipinski definition) is 4. The van der Waals surface area contributed by atoms with Gasteiger partial charge in [-0.25, -0.2) is 4.39 Å². The van der Waals surface area contributed by atoms with E-state index in [1.165, 1.54) is 12.1 Å². The summed E-state index contributed by atoms with van der Waals surface area (Å²) < 4.78 is 60.3. The standard InChI is InChI=1S/C24H32F4N2O3/c1-4-33-22(32)15(2)13-17-5-6-18(25)19(14-17)29-21(31)20(16(3)24(26,27)28)30-11-9-23(7-8-23)10-12-30/h5-6,14-16,20H,4,7-13H2,1-3H3,(H,29,31). The minimum absolute atomic E-state index is 0.191. The molecule has 1 N–H and O–H groups in total. The topological polar surface area (TPSA) is 58.6 Å². The SMILES string of the molecule is CCOC(=O)C(C)Cc1ccc(F)c(NC(=O)C(C(C)C(F)(F)F)N2CCC3(CC2)CC3)c1. The lowest BCUT2D eigenvalue weighted by Crippen LogP contribution is -2.54. The largest absolute Gasteiger partial charge is 0.466 e. The highest BCUT2D eigenvalue weighted by atomic mass is 19.4. The molecule has 5 nitrogen and oxygen atoms in total. The molecule has 184 valence electrons. The van der Waals surface area contributed by atoms with E-state index in [0.717, 1.165) is 38.7 Å². The minimum atomic E-state index is -4.56. The number of rotatable bonds is 8. The van der Waals surface area contributed by atoms with E-state index in [1.807, 2.05) is 0 Å². The molecule has 9 heteroatoms. The van der Waals surface area contributed by atoms with Crippen molar-refractivity contribution in [3.8, 4) is 0 Å². The van der Waals surface area contributed by atoms with Crippen LogP contribution in [0.1, 0.15) is 52.0 Å². The molecule has 1 amide bonds. The molecule has 2 aliphatic rings. The van der Waals surface area contributed by atoms with E-state index in [2.05, 4.69) is 5.32 Å². The third-order valence-electron chi connectivity index (χ3n) is 6.99. The van der Waals surface area contributed by atoms with Gasteiger partial charge < -0.3 is 10.1 Å². The van der Waals surface area contributed by atoms with E-state index < -0.39 is 41.7 Å². The number of alkyl halides is 3. The monoisotopic (exact) mass is 472 g/mol. The Bertz CT molecular complexity index is 860. The maximum absolute atomic E-state index is 14.5. The van der Waals surface area contributed by atoms with Crippen LogP contribution in [0.5, 0.6) is 0 Å². The normalized spacial score (nSPS) is 20.7. The van der Waals surface area contributed by atoms with Gasteiger partial charge in [-0.05, 0) is 75.2 Å². The molecule has 1 heterocycles. The van der Waals surface area contributed by atoms with Crippen molar-refractivity contribution in [2.45, 2.75) is 65.1 Å². The van der Waals surface area contributed by atoms with Gasteiger partial charge in [-0.3, -0.25) is 14.5 Å². The lowest BCUT2D eigenvalue weighted by atomic mass is 9.90. The number of ether oxygens (including phenoxy) is 1. The van der Waals surface area contributed by atoms with Crippen molar-refractivity contribution in [3.63, 3.8) is 0 Å². The van der Waals surface area contributed by atoms with Crippen molar-refractivity contribution in [3.05, 3.63) is 29.6 Å². The summed E-state index contributed by atoms with van der Waals surface area (Å²) in [5.41, 5.74) is 0.625. The van der Waals surface area contributed by atoms with E-state index in [9.17, 15) is 27.2 Å². The van der Waals surface area contributed by atoms with Crippen LogP contribution in [0.2, 0.25) is 0 Å². The number of carbonyl (C=O) groups excluding carboxylic acids is 2. The first kappa shape index (κ1) is 25.5. The van der Waals surface area contributed by atoms with Gasteiger partial charge in [0.15, 0.2) is 0 Å². The van der Waals surface area contributed by atoms with Gasteiger partial charge in [0.25, 0.3) is 0 Å². The number of carbonyl (C=O) groups is 2. The van der Waals surface area contributed by atoms with Gasteiger partial charge in [-0.2, -0.15) is 13.2 Å². The van der Waals surface area contributed by atoms with Crippen LogP contribution in [0.25, 0.3) is 0 Å². The smallest absolute Gasteiger partial charge is 0.393 e. The number of esters is 1. The average Bonchev–Trinajstić information content (AvgIpc) is 3.50. The maximum atomic E-state index is 14.5. The van der Waals surface area contributed by atoms with Crippen LogP contribution in [-0.4, -0.2) is 48.7 Å². The zero-order valence-corrected chi connectivity index (χ0v) is 19.3. The molecule has 1 aromatic rings. The van der Waals surface area contributed by atoms with Crippen LogP contribution in [0.3, 0.4) is 0 Å². The first-order valence-electron chi connectivity index (χ1n) is 11.5. The third-order valence-corrected chi connectivity index (χ3v) is 6.99. The molecule has 3 rings (SSSR count). The molecule has 1 aromatic carbocycles. The van der Waals surface area contributed by atoms with Crippen molar-refractivity contribution in [1.29, 1.82) is 0 Å². The Balaban J connectivity index is 1.76. The molecular weight excluding hydrogens is 440 g/mol. The van der Waals surface area contributed by atoms with Crippen LogP contribution < -0.4 is 5.32 Å². The summed E-state index contributed by atoms with van der Waals surface area (Å²) in [7, 11) is 0. The Hall–Kier alpha value is -2.16. The summed E-state index contributed by atoms with van der Waals surface area (Å²) in [6.45, 7) is 5.44. The summed E-state index contributed by atoms with van der Waals surface area (Å²) in [5, 5.41) is 2.39. The van der Waals surface area contributed by atoms with Gasteiger partial charge in [0.05, 0.1) is 24.1 Å². The highest BCUT2D eigenvalue weighted by molar-refractivity contribution is 5.95. The predicted octanol–water partition coefficient (Wildman–Crippen LogP) is 4.95. The molecule has 0 aromatic heterocycles. The number of piperidine rings is 1. The van der Waals surface area contributed by atoms with Crippen molar-refractivity contribution in [2.24, 2.45) is 17.3 Å². The average molecular weight is 473 g/mol. The highest BCUT2D eigenvalue weighted by Crippen LogP contribution is 2.54. The number of amides is 1. The zero-order chi connectivity index (χ0) is 24.4. The fraction of sp³-hybridized carbons (Fsp3) is 0.667. The second-order valence-corrected chi connectivity index (χ2v) is 9.47. The lowest BCUT2D eigenvalue weighted by molar-refractivity contribution is -0.189. The highest BCUT2D eigenvalue weighted by Gasteiger charge is 2.50. The van der Waals surface area contributed by atoms with Gasteiger partial charge in [-0.1, -0.05) is 19.9 Å². The van der Waals surface area contributed by atoms with E-state index in [-0.39, 0.29) is 24.1 Å². The fourth-order valence-electron chi connectivity index (χ4n) is 4.56. The minimum Gasteiger partial charge on any atom is -0.466 e. The second kappa shape index (κ2) is 9.99. The molecular formula is C24H32F4N2O3. The number of benzene rings is 1. The number of hydrogen-bond donors (Lipinski definition) is 1. The summed E-state index contributed by atoms with van der Waals surface area (Å²) >= 11 is 0. The molecule has 3 atom stereocenters. The first-order valence-corrected chi connectivity index (χ1v) is 11.5. The fourth-order valence-corrected chi connectivity index (χ4v) is 4.56. The third kappa shape index (κ3) is 6.25. The van der Waals surface area contributed by atoms with Gasteiger partial charge >= 0.3 is 12.1 Å². The lowest BCUT2D eigenvalue weighted by Gasteiger charge is -2.40. The number of likely N-dealkylation sites (tertiary alicyclic amines) is 1. The number of nitrogens with zero attached hydrogens (tertiary/aromatic N) is 1. The van der Waals surface area contributed by atoms with Gasteiger partial charge in [0.2, 0.25) is 5.91 Å². The van der Waals surface area contributed by atoms with Crippen molar-refractivity contribution >= 4 is 17.6 Å². The second-order valence-electron chi connectivity index (χ2n) is 9.47. The van der Waals surface area contributed by atoms with E-state index in [4.69, 9.17) is 4.74 Å². The van der Waals surface area contributed by atoms with E-state index >= 15 is 0 Å². The molecule has 0 bridgehead atoms. The van der Waals surface area contributed by atoms with Crippen molar-refractivity contribution in [1.82, 2.24) is 4.90 Å². The molecule has 0 radical (unpaired) electrons. The molecule has 2 fully saturated rings. The van der Waals surface area contributed by atoms with Crippen LogP contribution in [0.15, 0.2) is 18.2 Å². The van der Waals surface area contributed by atoms with E-state index in [1.54, 1.807) is 18.7 Å². The van der Waals surface area contributed by atoms with Gasteiger partial charge in [-0.15, -0.1) is 0 Å². The van der Waals surface area contributed by atoms with Gasteiger partial charge in [0, 0.05) is 0 Å². The van der Waals surface area contributed by atoms with Crippen LogP contribution in [0, 0.1) is 23.1 Å². The Labute approximate surface area is 191 Å². The summed E-state index contributed by atoms with van der Waals surface area (Å²) in [4.78, 5) is 26.5. The number of nitrogens with one attached hydrogen (secondary N) is 1. The summed E-state index contributed by atoms with van der Waals surface area (Å²) in [6, 6.07) is 2.55. The maximum Gasteiger partial charge on any atom is 0.393 e. The van der Waals surface area contributed by atoms with Crippen LogP contribution >= 0.6 is 0 Å². The molecule has 1 aliphatic heterocycles. The van der Waals surface area contributed by atoms with Crippen LogP contribution in [0.4, 0.5) is 23.2 Å². The predicted molar refractivity (Wildman–Crippen MR) is 116 cm³/mol. The Morgan fingerprint density at radius 3 is 2.33 bits per heavy atom. The Morgan fingerprint density at radius 1 is 1.15 bits per heavy atom. The Morgan fingerprint density at radius 2 is 1.79 bits per heavy atom. The first-order chi connectivity index (χ1) is 15.5. The summed E-state index contributed by atoms with van der Waals surface area (Å²) in [5.74, 6) is -4.41. The Kier molecular flexibility index (Phi) is 7.71. The molecule has 3 unspecified atom stereocenters. The summed E-state index contributed by atoms with van der Waals surface area (Å²) in [6.07, 6.45) is -0.581. The van der Waals surface area contributed by atoms with Crippen LogP contribution in [-0.2, 0) is 20.7 Å². The zero-order valence-electron chi connectivity index (χ0n) is 19.3. The molecule has 1 saturated heterocycles. The quantitative estimate of drug-likeness (QED) is 0.430. The molecule has 1 aliphatic carbocycles. The van der Waals surface area contributed by atoms with Gasteiger partial charge in [0.1, 0.15) is 11.9 Å². The molecule has 33 heavy (non-hydrogen) atoms. The van der Waals surface area contributed by atoms with Crippen molar-refractivity contribution < 1.29 is 31.9 Å². The molecule has 1 saturated carbocycles.